The van der Waals surface area contributed by atoms with Crippen LogP contribution in [0.15, 0.2) is 29.5 Å². The first-order valence-electron chi connectivity index (χ1n) is 7.72. The van der Waals surface area contributed by atoms with Crippen molar-refractivity contribution in [1.82, 2.24) is 4.72 Å². The maximum atomic E-state index is 12.6. The number of sulfonamides is 1. The highest BCUT2D eigenvalue weighted by atomic mass is 79.9. The third-order valence-electron chi connectivity index (χ3n) is 3.36. The van der Waals surface area contributed by atoms with Gasteiger partial charge in [-0.25, -0.2) is 21.6 Å². The predicted molar refractivity (Wildman–Crippen MR) is 124 cm³/mol. The Balaban J connectivity index is 0.000000437. The minimum atomic E-state index is -5.80. The fourth-order valence-corrected chi connectivity index (χ4v) is 8.62. The van der Waals surface area contributed by atoms with Crippen molar-refractivity contribution in [2.75, 3.05) is 6.61 Å². The smallest absolute Gasteiger partial charge is 0.395 e. The SMILES string of the molecule is O=S(=O)(Cl)c1cc(Br)c(Cl)s1.O=S(=O)(N[C@H](CO)C(C(F)(F)F)C(F)(F)F)c1cc(Br)c(Cl)s1. The van der Waals surface area contributed by atoms with Gasteiger partial charge < -0.3 is 5.11 Å². The number of aliphatic hydroxyl groups excluding tert-OH is 1. The van der Waals surface area contributed by atoms with Crippen LogP contribution in [-0.2, 0) is 19.1 Å². The van der Waals surface area contributed by atoms with E-state index >= 15 is 0 Å². The van der Waals surface area contributed by atoms with Crippen molar-refractivity contribution < 1.29 is 48.3 Å². The zero-order chi connectivity index (χ0) is 26.9. The van der Waals surface area contributed by atoms with E-state index in [-0.39, 0.29) is 13.0 Å². The molecule has 0 aliphatic rings. The number of alkyl halides is 6. The van der Waals surface area contributed by atoms with Crippen molar-refractivity contribution in [2.24, 2.45) is 5.92 Å². The van der Waals surface area contributed by atoms with Gasteiger partial charge in [0.05, 0.1) is 12.6 Å². The van der Waals surface area contributed by atoms with Crippen LogP contribution in [-0.4, -0.2) is 46.9 Å². The van der Waals surface area contributed by atoms with Crippen molar-refractivity contribution in [2.45, 2.75) is 26.8 Å². The number of aliphatic hydroxyl groups is 1. The highest BCUT2D eigenvalue weighted by molar-refractivity contribution is 9.11. The molecule has 2 N–H and O–H groups in total. The normalized spacial score (nSPS) is 14.1. The van der Waals surface area contributed by atoms with Crippen LogP contribution in [0.25, 0.3) is 0 Å². The van der Waals surface area contributed by atoms with Crippen LogP contribution in [0.4, 0.5) is 26.3 Å². The van der Waals surface area contributed by atoms with E-state index in [0.29, 0.717) is 20.1 Å². The molecule has 0 aliphatic heterocycles. The molecule has 0 aromatic carbocycles. The molecule has 6 nitrogen and oxygen atoms in total. The lowest BCUT2D eigenvalue weighted by Gasteiger charge is -2.29. The van der Waals surface area contributed by atoms with Crippen molar-refractivity contribution in [3.8, 4) is 0 Å². The molecular formula is C13H8Br2Cl3F6NO5S4. The van der Waals surface area contributed by atoms with Crippen LogP contribution < -0.4 is 4.72 Å². The Hall–Kier alpha value is 0.630. The topological polar surface area (TPSA) is 101 Å². The molecule has 2 aromatic rings. The van der Waals surface area contributed by atoms with E-state index in [1.54, 1.807) is 0 Å². The molecule has 1 atom stereocenters. The number of hydrogen-bond acceptors (Lipinski definition) is 7. The van der Waals surface area contributed by atoms with Gasteiger partial charge >= 0.3 is 12.4 Å². The van der Waals surface area contributed by atoms with Crippen molar-refractivity contribution in [3.63, 3.8) is 0 Å². The van der Waals surface area contributed by atoms with E-state index in [0.717, 1.165) is 17.4 Å². The van der Waals surface area contributed by atoms with Gasteiger partial charge in [-0.1, -0.05) is 23.2 Å². The average molecular weight is 767 g/mol. The van der Waals surface area contributed by atoms with E-state index in [4.69, 9.17) is 39.0 Å². The van der Waals surface area contributed by atoms with E-state index in [9.17, 15) is 43.2 Å². The number of halogens is 11. The Morgan fingerprint density at radius 1 is 0.912 bits per heavy atom. The van der Waals surface area contributed by atoms with Gasteiger partial charge in [-0.15, -0.1) is 22.7 Å². The Morgan fingerprint density at radius 3 is 1.53 bits per heavy atom. The highest BCUT2D eigenvalue weighted by Gasteiger charge is 2.60. The monoisotopic (exact) mass is 763 g/mol. The molecular weight excluding hydrogens is 759 g/mol. The van der Waals surface area contributed by atoms with E-state index in [1.165, 1.54) is 10.8 Å². The van der Waals surface area contributed by atoms with Gasteiger partial charge in [0.25, 0.3) is 9.05 Å². The predicted octanol–water partition coefficient (Wildman–Crippen LogP) is 6.64. The minimum absolute atomic E-state index is 0.0519. The lowest BCUT2D eigenvalue weighted by atomic mass is 10.00. The third-order valence-corrected chi connectivity index (χ3v) is 12.3. The number of hydrogen-bond donors (Lipinski definition) is 2. The lowest BCUT2D eigenvalue weighted by Crippen LogP contribution is -2.54. The molecule has 0 radical (unpaired) electrons. The van der Waals surface area contributed by atoms with E-state index in [2.05, 4.69) is 31.9 Å². The largest absolute Gasteiger partial charge is 0.402 e. The average Bonchev–Trinajstić information content (AvgIpc) is 3.14. The third kappa shape index (κ3) is 9.18. The summed E-state index contributed by atoms with van der Waals surface area (Å²) in [5.41, 5.74) is 0. The summed E-state index contributed by atoms with van der Waals surface area (Å²) < 4.78 is 122. The van der Waals surface area contributed by atoms with Gasteiger partial charge in [0.2, 0.25) is 10.0 Å². The molecule has 21 heteroatoms. The Kier molecular flexibility index (Phi) is 11.5. The number of thiophene rings is 2. The molecule has 2 aromatic heterocycles. The summed E-state index contributed by atoms with van der Waals surface area (Å²) in [5, 5.41) is 8.83. The van der Waals surface area contributed by atoms with Crippen LogP contribution >= 0.6 is 88.4 Å². The molecule has 196 valence electrons. The summed E-state index contributed by atoms with van der Waals surface area (Å²) in [7, 11) is -3.33. The van der Waals surface area contributed by atoms with Gasteiger partial charge in [-0.2, -0.15) is 26.3 Å². The highest BCUT2D eigenvalue weighted by Crippen LogP contribution is 2.42. The summed E-state index contributed by atoms with van der Waals surface area (Å²) in [5.74, 6) is -4.06. The second kappa shape index (κ2) is 12.0. The first kappa shape index (κ1) is 32.7. The van der Waals surface area contributed by atoms with Crippen LogP contribution in [0, 0.1) is 5.92 Å². The molecule has 0 unspecified atom stereocenters. The molecule has 34 heavy (non-hydrogen) atoms. The minimum Gasteiger partial charge on any atom is -0.395 e. The van der Waals surface area contributed by atoms with Crippen LogP contribution in [0.5, 0.6) is 0 Å². The van der Waals surface area contributed by atoms with E-state index in [1.807, 2.05) is 0 Å². The van der Waals surface area contributed by atoms with Gasteiger partial charge in [-0.3, -0.25) is 0 Å². The van der Waals surface area contributed by atoms with Crippen LogP contribution in [0.1, 0.15) is 0 Å². The molecule has 0 spiro atoms. The standard InChI is InChI=1S/C9H7BrClF6NO3S2.C4HBrCl2O2S2/c10-3-1-5(22-7(3)11)23(20,21)18-4(2-19)6(8(12,13)14)9(15,16)17;5-2-1-3(10-4(2)6)11(7,8)9/h1,4,6,18-19H,2H2;1H/t4-;/m1./s1. The Morgan fingerprint density at radius 2 is 1.29 bits per heavy atom. The maximum absolute atomic E-state index is 12.6. The fourth-order valence-electron chi connectivity index (χ4n) is 2.02. The fraction of sp³-hybridized carbons (Fsp3) is 0.385. The second-order valence-electron chi connectivity index (χ2n) is 5.78. The van der Waals surface area contributed by atoms with Gasteiger partial charge in [-0.05, 0) is 44.0 Å². The summed E-state index contributed by atoms with van der Waals surface area (Å²) >= 11 is 18.4. The number of rotatable bonds is 6. The van der Waals surface area contributed by atoms with Crippen molar-refractivity contribution >= 4 is 107 Å². The summed E-state index contributed by atoms with van der Waals surface area (Å²) in [6.07, 6.45) is -11.6. The van der Waals surface area contributed by atoms with Crippen molar-refractivity contribution in [3.05, 3.63) is 29.8 Å². The molecule has 2 rings (SSSR count). The first-order valence-corrected chi connectivity index (χ1v) is 15.5. The maximum Gasteiger partial charge on any atom is 0.402 e. The summed E-state index contributed by atoms with van der Waals surface area (Å²) in [4.78, 5) is 0. The summed E-state index contributed by atoms with van der Waals surface area (Å²) in [6.45, 7) is -1.71. The Labute approximate surface area is 227 Å². The first-order chi connectivity index (χ1) is 15.1. The molecule has 0 fully saturated rings. The van der Waals surface area contributed by atoms with Gasteiger partial charge in [0.1, 0.15) is 17.1 Å². The number of nitrogens with one attached hydrogen (secondary N) is 1. The molecule has 0 bridgehead atoms. The van der Waals surface area contributed by atoms with E-state index < -0.39 is 54.2 Å². The molecule has 0 aliphatic carbocycles. The van der Waals surface area contributed by atoms with Gasteiger partial charge in [0.15, 0.2) is 5.92 Å². The lowest BCUT2D eigenvalue weighted by molar-refractivity contribution is -0.292. The van der Waals surface area contributed by atoms with Gasteiger partial charge in [0, 0.05) is 19.6 Å². The summed E-state index contributed by atoms with van der Waals surface area (Å²) in [6, 6.07) is -0.547. The quantitative estimate of drug-likeness (QED) is 0.254. The van der Waals surface area contributed by atoms with Crippen LogP contribution in [0.2, 0.25) is 8.67 Å². The second-order valence-corrected chi connectivity index (χ2v) is 15.5. The molecule has 0 saturated heterocycles. The molecule has 0 saturated carbocycles. The van der Waals surface area contributed by atoms with Crippen LogP contribution in [0.3, 0.4) is 0 Å². The Bertz CT molecular complexity index is 1160. The zero-order valence-electron chi connectivity index (χ0n) is 15.4. The zero-order valence-corrected chi connectivity index (χ0v) is 24.1. The molecule has 2 heterocycles. The molecule has 0 amide bonds. The van der Waals surface area contributed by atoms with Crippen molar-refractivity contribution in [1.29, 1.82) is 0 Å².